The molecule has 2 nitrogen and oxygen atoms in total. The summed E-state index contributed by atoms with van der Waals surface area (Å²) >= 11 is 24.0. The molecule has 6 heteroatoms. The number of nitrogens with zero attached hydrogens (tertiary/aromatic N) is 1. The third-order valence-electron chi connectivity index (χ3n) is 2.38. The minimum Gasteiger partial charge on any atom is -0.497 e. The van der Waals surface area contributed by atoms with Gasteiger partial charge in [0.15, 0.2) is 0 Å². The van der Waals surface area contributed by atoms with Gasteiger partial charge in [-0.05, 0) is 17.7 Å². The summed E-state index contributed by atoms with van der Waals surface area (Å²) in [5, 5.41) is 0.793. The number of hydrogen-bond acceptors (Lipinski definition) is 2. The Hall–Kier alpha value is -0.670. The molecule has 0 atom stereocenters. The van der Waals surface area contributed by atoms with Crippen molar-refractivity contribution in [2.24, 2.45) is 0 Å². The van der Waals surface area contributed by atoms with Crippen molar-refractivity contribution in [3.8, 4) is 16.9 Å². The van der Waals surface area contributed by atoms with Gasteiger partial charge >= 0.3 is 0 Å². The number of rotatable bonds is 2. The Balaban J connectivity index is 2.62. The molecule has 0 saturated heterocycles. The zero-order chi connectivity index (χ0) is 13.3. The molecule has 0 radical (unpaired) electrons. The van der Waals surface area contributed by atoms with Gasteiger partial charge in [0, 0.05) is 5.56 Å². The lowest BCUT2D eigenvalue weighted by atomic mass is 10.1. The molecule has 18 heavy (non-hydrogen) atoms. The van der Waals surface area contributed by atoms with Crippen LogP contribution in [-0.4, -0.2) is 12.1 Å². The fourth-order valence-electron chi connectivity index (χ4n) is 1.50. The van der Waals surface area contributed by atoms with Gasteiger partial charge < -0.3 is 4.74 Å². The molecular formula is C12H7Cl4NO. The Morgan fingerprint density at radius 1 is 0.889 bits per heavy atom. The van der Waals surface area contributed by atoms with Crippen LogP contribution in [0.25, 0.3) is 11.1 Å². The van der Waals surface area contributed by atoms with E-state index in [9.17, 15) is 0 Å². The maximum Gasteiger partial charge on any atom is 0.150 e. The molecule has 0 aliphatic carbocycles. The van der Waals surface area contributed by atoms with E-state index in [4.69, 9.17) is 51.1 Å². The highest BCUT2D eigenvalue weighted by Crippen LogP contribution is 2.41. The quantitative estimate of drug-likeness (QED) is 0.693. The van der Waals surface area contributed by atoms with Gasteiger partial charge in [-0.2, -0.15) is 0 Å². The lowest BCUT2D eigenvalue weighted by molar-refractivity contribution is 0.415. The SMILES string of the molecule is COc1ccc(-c2c(Cl)c(Cl)nc(Cl)c2Cl)cc1. The van der Waals surface area contributed by atoms with Gasteiger partial charge in [-0.25, -0.2) is 4.98 Å². The fourth-order valence-corrected chi connectivity index (χ4v) is 2.44. The molecule has 2 aromatic rings. The summed E-state index contributed by atoms with van der Waals surface area (Å²) in [7, 11) is 1.59. The number of halogens is 4. The van der Waals surface area contributed by atoms with Gasteiger partial charge in [0.2, 0.25) is 0 Å². The van der Waals surface area contributed by atoms with E-state index in [2.05, 4.69) is 4.98 Å². The van der Waals surface area contributed by atoms with Gasteiger partial charge in [-0.3, -0.25) is 0 Å². The van der Waals surface area contributed by atoms with E-state index in [1.807, 2.05) is 12.1 Å². The lowest BCUT2D eigenvalue weighted by Gasteiger charge is -2.10. The van der Waals surface area contributed by atoms with Crippen molar-refractivity contribution in [1.82, 2.24) is 4.98 Å². The summed E-state index contributed by atoms with van der Waals surface area (Å²) in [6.45, 7) is 0. The third-order valence-corrected chi connectivity index (χ3v) is 3.85. The van der Waals surface area contributed by atoms with Crippen molar-refractivity contribution < 1.29 is 4.74 Å². The number of benzene rings is 1. The maximum absolute atomic E-state index is 6.11. The van der Waals surface area contributed by atoms with Crippen molar-refractivity contribution in [2.75, 3.05) is 7.11 Å². The highest BCUT2D eigenvalue weighted by molar-refractivity contribution is 6.48. The van der Waals surface area contributed by atoms with Crippen LogP contribution >= 0.6 is 46.4 Å². The van der Waals surface area contributed by atoms with Crippen LogP contribution in [0, 0.1) is 0 Å². The maximum atomic E-state index is 6.11. The molecule has 94 valence electrons. The van der Waals surface area contributed by atoms with Crippen LogP contribution in [0.5, 0.6) is 5.75 Å². The first kappa shape index (κ1) is 13.8. The number of ether oxygens (including phenoxy) is 1. The van der Waals surface area contributed by atoms with Gasteiger partial charge in [0.25, 0.3) is 0 Å². The largest absolute Gasteiger partial charge is 0.497 e. The Kier molecular flexibility index (Phi) is 4.23. The summed E-state index contributed by atoms with van der Waals surface area (Å²) in [5.41, 5.74) is 1.35. The number of aromatic nitrogens is 1. The van der Waals surface area contributed by atoms with Crippen LogP contribution in [-0.2, 0) is 0 Å². The van der Waals surface area contributed by atoms with Gasteiger partial charge in [0.1, 0.15) is 16.1 Å². The molecule has 1 heterocycles. The van der Waals surface area contributed by atoms with Crippen LogP contribution in [0.3, 0.4) is 0 Å². The molecule has 2 rings (SSSR count). The summed E-state index contributed by atoms with van der Waals surface area (Å²) in [6.07, 6.45) is 0. The monoisotopic (exact) mass is 321 g/mol. The van der Waals surface area contributed by atoms with E-state index in [0.717, 1.165) is 11.3 Å². The molecule has 0 N–H and O–H groups in total. The third kappa shape index (κ3) is 2.52. The van der Waals surface area contributed by atoms with Crippen molar-refractivity contribution >= 4 is 46.4 Å². The van der Waals surface area contributed by atoms with Gasteiger partial charge in [-0.1, -0.05) is 58.5 Å². The van der Waals surface area contributed by atoms with E-state index < -0.39 is 0 Å². The van der Waals surface area contributed by atoms with Gasteiger partial charge in [-0.15, -0.1) is 0 Å². The summed E-state index contributed by atoms with van der Waals surface area (Å²) in [5.74, 6) is 0.734. The predicted molar refractivity (Wildman–Crippen MR) is 76.3 cm³/mol. The standard InChI is InChI=1S/C12H7Cl4NO/c1-18-7-4-2-6(3-5-7)8-9(13)11(15)17-12(16)10(8)14/h2-5H,1H3. The lowest BCUT2D eigenvalue weighted by Crippen LogP contribution is -1.89. The molecule has 0 saturated carbocycles. The van der Waals surface area contributed by atoms with Crippen LogP contribution in [0.1, 0.15) is 0 Å². The zero-order valence-corrected chi connectivity index (χ0v) is 12.2. The summed E-state index contributed by atoms with van der Waals surface area (Å²) in [6, 6.07) is 7.23. The summed E-state index contributed by atoms with van der Waals surface area (Å²) in [4.78, 5) is 3.83. The Bertz CT molecular complexity index is 557. The first-order valence-electron chi connectivity index (χ1n) is 4.89. The Labute approximate surface area is 124 Å². The van der Waals surface area contributed by atoms with E-state index in [1.165, 1.54) is 0 Å². The molecule has 0 bridgehead atoms. The second-order valence-electron chi connectivity index (χ2n) is 3.42. The molecule has 0 spiro atoms. The highest BCUT2D eigenvalue weighted by atomic mass is 35.5. The molecule has 0 fully saturated rings. The van der Waals surface area contributed by atoms with Crippen molar-refractivity contribution in [2.45, 2.75) is 0 Å². The van der Waals surface area contributed by atoms with Crippen molar-refractivity contribution in [1.29, 1.82) is 0 Å². The minimum absolute atomic E-state index is 0.122. The van der Waals surface area contributed by atoms with Crippen LogP contribution in [0.4, 0.5) is 0 Å². The first-order chi connectivity index (χ1) is 8.54. The van der Waals surface area contributed by atoms with E-state index in [-0.39, 0.29) is 20.4 Å². The van der Waals surface area contributed by atoms with Crippen LogP contribution < -0.4 is 4.74 Å². The fraction of sp³-hybridized carbons (Fsp3) is 0.0833. The molecule has 0 aliphatic heterocycles. The van der Waals surface area contributed by atoms with Gasteiger partial charge in [0.05, 0.1) is 17.2 Å². The molecule has 0 unspecified atom stereocenters. The number of pyridine rings is 1. The average Bonchev–Trinajstić information content (AvgIpc) is 2.37. The first-order valence-corrected chi connectivity index (χ1v) is 6.40. The van der Waals surface area contributed by atoms with Crippen LogP contribution in [0.2, 0.25) is 20.4 Å². The van der Waals surface area contributed by atoms with Crippen molar-refractivity contribution in [3.63, 3.8) is 0 Å². The minimum atomic E-state index is 0.122. The Morgan fingerprint density at radius 3 is 1.83 bits per heavy atom. The summed E-state index contributed by atoms with van der Waals surface area (Å²) < 4.78 is 5.08. The Morgan fingerprint density at radius 2 is 1.39 bits per heavy atom. The highest BCUT2D eigenvalue weighted by Gasteiger charge is 2.16. The second kappa shape index (κ2) is 5.54. The number of hydrogen-bond donors (Lipinski definition) is 0. The van der Waals surface area contributed by atoms with E-state index in [0.29, 0.717) is 5.56 Å². The molecule has 1 aromatic carbocycles. The topological polar surface area (TPSA) is 22.1 Å². The number of methoxy groups -OCH3 is 1. The van der Waals surface area contributed by atoms with E-state index in [1.54, 1.807) is 19.2 Å². The van der Waals surface area contributed by atoms with Crippen LogP contribution in [0.15, 0.2) is 24.3 Å². The van der Waals surface area contributed by atoms with Crippen molar-refractivity contribution in [3.05, 3.63) is 44.6 Å². The second-order valence-corrected chi connectivity index (χ2v) is 4.90. The average molecular weight is 323 g/mol. The smallest absolute Gasteiger partial charge is 0.150 e. The zero-order valence-electron chi connectivity index (χ0n) is 9.18. The molecule has 0 amide bonds. The molecule has 0 aliphatic rings. The van der Waals surface area contributed by atoms with E-state index >= 15 is 0 Å². The molecule has 1 aromatic heterocycles. The predicted octanol–water partition coefficient (Wildman–Crippen LogP) is 5.37. The normalized spacial score (nSPS) is 10.5. The molecular weight excluding hydrogens is 316 g/mol.